The average Bonchev–Trinajstić information content (AvgIpc) is 3.52. The van der Waals surface area contributed by atoms with Crippen molar-refractivity contribution in [1.82, 2.24) is 5.32 Å². The van der Waals surface area contributed by atoms with Crippen LogP contribution >= 0.6 is 0 Å². The maximum Gasteiger partial charge on any atom is 0.245 e. The van der Waals surface area contributed by atoms with E-state index in [-0.39, 0.29) is 12.7 Å². The molecule has 3 aromatic carbocycles. The Hall–Kier alpha value is -3.51. The quantitative estimate of drug-likeness (QED) is 0.566. The number of ether oxygens (including phenoxy) is 3. The highest BCUT2D eigenvalue weighted by Gasteiger charge is 2.57. The third kappa shape index (κ3) is 3.25. The van der Waals surface area contributed by atoms with Gasteiger partial charge >= 0.3 is 0 Å². The fraction of sp³-hybridized carbons (Fsp3) is 0.296. The van der Waals surface area contributed by atoms with Crippen molar-refractivity contribution in [1.29, 1.82) is 0 Å². The van der Waals surface area contributed by atoms with Crippen LogP contribution in [0.1, 0.15) is 23.1 Å². The van der Waals surface area contributed by atoms with E-state index < -0.39 is 5.41 Å². The van der Waals surface area contributed by atoms with Crippen molar-refractivity contribution in [2.75, 3.05) is 37.9 Å². The van der Waals surface area contributed by atoms with Crippen LogP contribution in [0.2, 0.25) is 0 Å². The summed E-state index contributed by atoms with van der Waals surface area (Å²) in [5.74, 6) is 2.12. The summed E-state index contributed by atoms with van der Waals surface area (Å²) in [7, 11) is 0. The van der Waals surface area contributed by atoms with Crippen molar-refractivity contribution >= 4 is 11.6 Å². The maximum absolute atomic E-state index is 13.9. The van der Waals surface area contributed by atoms with Crippen molar-refractivity contribution in [2.24, 2.45) is 0 Å². The molecule has 0 bridgehead atoms. The summed E-state index contributed by atoms with van der Waals surface area (Å²) in [5, 5.41) is 3.51. The Morgan fingerprint density at radius 2 is 1.64 bits per heavy atom. The fourth-order valence-corrected chi connectivity index (χ4v) is 5.15. The second-order valence-electron chi connectivity index (χ2n) is 8.71. The van der Waals surface area contributed by atoms with Gasteiger partial charge in [0.25, 0.3) is 0 Å². The first-order valence-electron chi connectivity index (χ1n) is 11.5. The molecule has 0 saturated heterocycles. The fourth-order valence-electron chi connectivity index (χ4n) is 5.15. The molecule has 6 heteroatoms. The van der Waals surface area contributed by atoms with Crippen molar-refractivity contribution in [3.05, 3.63) is 83.4 Å². The van der Waals surface area contributed by atoms with Gasteiger partial charge in [0.2, 0.25) is 12.7 Å². The first-order valence-corrected chi connectivity index (χ1v) is 11.5. The van der Waals surface area contributed by atoms with Gasteiger partial charge in [0.05, 0.1) is 0 Å². The molecule has 168 valence electrons. The zero-order valence-corrected chi connectivity index (χ0v) is 18.4. The number of carbonyl (C=O) groups excluding carboxylic acids is 1. The van der Waals surface area contributed by atoms with E-state index in [4.69, 9.17) is 14.2 Å². The van der Waals surface area contributed by atoms with Gasteiger partial charge < -0.3 is 24.4 Å². The summed E-state index contributed by atoms with van der Waals surface area (Å²) in [6.07, 6.45) is 1.87. The van der Waals surface area contributed by atoms with Crippen LogP contribution in [0.3, 0.4) is 0 Å². The largest absolute Gasteiger partial charge is 0.491 e. The molecule has 1 spiro atoms. The number of nitrogens with zero attached hydrogens (tertiary/aromatic N) is 1. The molecule has 0 fully saturated rings. The van der Waals surface area contributed by atoms with E-state index in [1.807, 2.05) is 47.4 Å². The average molecular weight is 443 g/mol. The second kappa shape index (κ2) is 8.12. The van der Waals surface area contributed by atoms with Gasteiger partial charge in [-0.05, 0) is 49.2 Å². The molecule has 0 saturated carbocycles. The van der Waals surface area contributed by atoms with Gasteiger partial charge in [0, 0.05) is 23.9 Å². The van der Waals surface area contributed by atoms with Gasteiger partial charge in [-0.25, -0.2) is 0 Å². The van der Waals surface area contributed by atoms with E-state index in [1.54, 1.807) is 0 Å². The monoisotopic (exact) mass is 442 g/mol. The molecular formula is C27H26N2O4. The summed E-state index contributed by atoms with van der Waals surface area (Å²) >= 11 is 0. The molecule has 3 aliphatic heterocycles. The second-order valence-corrected chi connectivity index (χ2v) is 8.71. The van der Waals surface area contributed by atoms with E-state index in [0.29, 0.717) is 30.4 Å². The lowest BCUT2D eigenvalue weighted by Gasteiger charge is -2.23. The van der Waals surface area contributed by atoms with Crippen LogP contribution in [-0.2, 0) is 16.6 Å². The van der Waals surface area contributed by atoms with Gasteiger partial charge in [0.1, 0.15) is 17.8 Å². The van der Waals surface area contributed by atoms with Crippen molar-refractivity contribution in [3.63, 3.8) is 0 Å². The van der Waals surface area contributed by atoms with E-state index >= 15 is 0 Å². The first-order chi connectivity index (χ1) is 16.3. The topological polar surface area (TPSA) is 60.0 Å². The molecular weight excluding hydrogens is 416 g/mol. The Kier molecular flexibility index (Phi) is 4.95. The predicted octanol–water partition coefficient (Wildman–Crippen LogP) is 3.66. The van der Waals surface area contributed by atoms with Crippen LogP contribution in [-0.4, -0.2) is 38.9 Å². The van der Waals surface area contributed by atoms with Crippen molar-refractivity contribution < 1.29 is 19.0 Å². The lowest BCUT2D eigenvalue weighted by Crippen LogP contribution is -2.43. The number of fused-ring (bicyclic) bond motifs is 5. The summed E-state index contributed by atoms with van der Waals surface area (Å²) in [6.45, 7) is 2.94. The van der Waals surface area contributed by atoms with Crippen LogP contribution in [0.4, 0.5) is 5.69 Å². The molecule has 1 atom stereocenters. The highest BCUT2D eigenvalue weighted by Crippen LogP contribution is 2.54. The summed E-state index contributed by atoms with van der Waals surface area (Å²) in [6, 6.07) is 22.3. The maximum atomic E-state index is 13.9. The number of hydrogen-bond donors (Lipinski definition) is 1. The molecule has 0 radical (unpaired) electrons. The van der Waals surface area contributed by atoms with Crippen molar-refractivity contribution in [2.45, 2.75) is 18.3 Å². The number of carbonyl (C=O) groups is 1. The van der Waals surface area contributed by atoms with Crippen molar-refractivity contribution in [3.8, 4) is 17.2 Å². The van der Waals surface area contributed by atoms with Crippen LogP contribution < -0.4 is 24.4 Å². The number of nitrogens with one attached hydrogen (secondary N) is 1. The lowest BCUT2D eigenvalue weighted by atomic mass is 9.77. The van der Waals surface area contributed by atoms with Gasteiger partial charge in [0.15, 0.2) is 11.5 Å². The van der Waals surface area contributed by atoms with E-state index in [9.17, 15) is 4.79 Å². The van der Waals surface area contributed by atoms with Crippen LogP contribution in [0.25, 0.3) is 0 Å². The summed E-state index contributed by atoms with van der Waals surface area (Å²) in [4.78, 5) is 15.8. The normalized spacial score (nSPS) is 19.6. The Morgan fingerprint density at radius 1 is 0.848 bits per heavy atom. The minimum Gasteiger partial charge on any atom is -0.491 e. The van der Waals surface area contributed by atoms with Crippen LogP contribution in [0.15, 0.2) is 66.7 Å². The minimum absolute atomic E-state index is 0.0746. The molecule has 6 nitrogen and oxygen atoms in total. The summed E-state index contributed by atoms with van der Waals surface area (Å²) in [5.41, 5.74) is 3.35. The van der Waals surface area contributed by atoms with Gasteiger partial charge in [-0.15, -0.1) is 0 Å². The predicted molar refractivity (Wildman–Crippen MR) is 125 cm³/mol. The third-order valence-corrected chi connectivity index (χ3v) is 6.81. The molecule has 1 amide bonds. The smallest absolute Gasteiger partial charge is 0.245 e. The van der Waals surface area contributed by atoms with Gasteiger partial charge in [-0.3, -0.25) is 4.79 Å². The molecule has 3 aliphatic rings. The highest BCUT2D eigenvalue weighted by atomic mass is 16.7. The van der Waals surface area contributed by atoms with Gasteiger partial charge in [-0.2, -0.15) is 0 Å². The Morgan fingerprint density at radius 3 is 2.52 bits per heavy atom. The zero-order valence-electron chi connectivity index (χ0n) is 18.4. The zero-order chi connectivity index (χ0) is 22.3. The standard InChI is InChI=1S/C27H26N2O4/c30-26-27(17-31-23-16-25-24(15-21(23)27)32-18-33-25)20-9-4-5-10-22(20)29(26)14-6-12-28-13-11-19-7-2-1-3-8-19/h1-5,7-10,15-16,28H,6,11-14,17-18H2. The number of hydrogen-bond acceptors (Lipinski definition) is 5. The van der Waals surface area contributed by atoms with E-state index in [1.165, 1.54) is 5.56 Å². The number of benzene rings is 3. The lowest BCUT2D eigenvalue weighted by molar-refractivity contribution is -0.122. The molecule has 0 aromatic heterocycles. The highest BCUT2D eigenvalue weighted by molar-refractivity contribution is 6.11. The molecule has 6 rings (SSSR count). The summed E-state index contributed by atoms with van der Waals surface area (Å²) < 4.78 is 17.1. The van der Waals surface area contributed by atoms with E-state index in [2.05, 4.69) is 29.6 Å². The first kappa shape index (κ1) is 20.1. The minimum atomic E-state index is -0.826. The number of para-hydroxylation sites is 1. The third-order valence-electron chi connectivity index (χ3n) is 6.81. The number of amides is 1. The number of rotatable bonds is 7. The molecule has 0 aliphatic carbocycles. The SMILES string of the molecule is O=C1N(CCCNCCc2ccccc2)c2ccccc2C12COc1cc3c(cc12)OCO3. The van der Waals surface area contributed by atoms with Crippen LogP contribution in [0, 0.1) is 0 Å². The van der Waals surface area contributed by atoms with E-state index in [0.717, 1.165) is 42.7 Å². The number of anilines is 1. The molecule has 1 unspecified atom stereocenters. The molecule has 1 N–H and O–H groups in total. The van der Waals surface area contributed by atoms with Crippen LogP contribution in [0.5, 0.6) is 17.2 Å². The molecule has 3 heterocycles. The molecule has 3 aromatic rings. The van der Waals surface area contributed by atoms with Gasteiger partial charge in [-0.1, -0.05) is 48.5 Å². The molecule has 33 heavy (non-hydrogen) atoms. The Labute approximate surface area is 193 Å². The Bertz CT molecular complexity index is 1200. The Balaban J connectivity index is 1.18.